The number of aliphatic carboxylic acids is 1. The predicted molar refractivity (Wildman–Crippen MR) is 170 cm³/mol. The number of amides is 1. The molecular weight excluding hydrogens is 616 g/mol. The van der Waals surface area contributed by atoms with E-state index < -0.39 is 46.5 Å². The number of rotatable bonds is 11. The summed E-state index contributed by atoms with van der Waals surface area (Å²) in [6.07, 6.45) is 12.5. The van der Waals surface area contributed by atoms with Crippen molar-refractivity contribution in [1.29, 1.82) is 0 Å². The van der Waals surface area contributed by atoms with E-state index in [0.717, 1.165) is 12.8 Å². The van der Waals surface area contributed by atoms with E-state index in [9.17, 15) is 24.0 Å². The van der Waals surface area contributed by atoms with Crippen molar-refractivity contribution in [2.24, 2.45) is 22.8 Å². The minimum Gasteiger partial charge on any atom is -0.480 e. The number of hydrogen-bond acceptors (Lipinski definition) is 12. The molecule has 1 aromatic rings. The molecule has 4 rings (SSSR count). The molecule has 1 unspecified atom stereocenters. The van der Waals surface area contributed by atoms with Crippen molar-refractivity contribution in [3.05, 3.63) is 47.0 Å². The fraction of sp³-hybridized carbons (Fsp3) is 0.562. The molecule has 3 aliphatic rings. The van der Waals surface area contributed by atoms with Crippen molar-refractivity contribution in [2.45, 2.75) is 89.4 Å². The molecule has 1 amide bonds. The number of carboxylic acids is 1. The van der Waals surface area contributed by atoms with E-state index in [-0.39, 0.29) is 18.2 Å². The molecule has 0 spiro atoms. The molecule has 252 valence electrons. The molecule has 2 bridgehead atoms. The zero-order valence-corrected chi connectivity index (χ0v) is 27.5. The van der Waals surface area contributed by atoms with Crippen LogP contribution in [0.2, 0.25) is 0 Å². The van der Waals surface area contributed by atoms with Gasteiger partial charge in [-0.05, 0) is 71.4 Å². The number of allylic oxidation sites excluding steroid dienone is 3. The van der Waals surface area contributed by atoms with E-state index in [1.807, 2.05) is 0 Å². The van der Waals surface area contributed by atoms with Crippen molar-refractivity contribution in [1.82, 2.24) is 4.98 Å². The molecule has 2 aliphatic carbocycles. The number of ether oxygens (including phenoxy) is 3. The smallest absolute Gasteiger partial charge is 0.333 e. The quantitative estimate of drug-likeness (QED) is 0.0885. The number of hydrogen-bond donors (Lipinski definition) is 4. The number of carbonyl (C=O) groups is 5. The third-order valence-corrected chi connectivity index (χ3v) is 9.62. The lowest BCUT2D eigenvalue weighted by atomic mass is 9.62. The van der Waals surface area contributed by atoms with Crippen LogP contribution in [0.1, 0.15) is 72.1 Å². The summed E-state index contributed by atoms with van der Waals surface area (Å²) in [6.45, 7) is 5.41. The summed E-state index contributed by atoms with van der Waals surface area (Å²) >= 11 is 1.32. The Morgan fingerprint density at radius 3 is 2.61 bits per heavy atom. The zero-order valence-electron chi connectivity index (χ0n) is 26.7. The Labute approximate surface area is 272 Å². The Bertz CT molecular complexity index is 1390. The van der Waals surface area contributed by atoms with E-state index in [1.165, 1.54) is 25.4 Å². The molecule has 13 nitrogen and oxygen atoms in total. The molecule has 1 aliphatic heterocycles. The molecule has 0 aromatic carbocycles. The van der Waals surface area contributed by atoms with E-state index >= 15 is 0 Å². The molecule has 6 N–H and O–H groups in total. The van der Waals surface area contributed by atoms with Crippen LogP contribution in [0, 0.1) is 11.3 Å². The molecule has 0 radical (unpaired) electrons. The normalized spacial score (nSPS) is 27.6. The first-order valence-corrected chi connectivity index (χ1v) is 16.1. The predicted octanol–water partition coefficient (Wildman–Crippen LogP) is 3.41. The van der Waals surface area contributed by atoms with Gasteiger partial charge in [-0.3, -0.25) is 24.5 Å². The number of carbonyl (C=O) groups excluding carboxylic acids is 4. The highest BCUT2D eigenvalue weighted by molar-refractivity contribution is 7.13. The molecule has 46 heavy (non-hydrogen) atoms. The Kier molecular flexibility index (Phi) is 12.4. The minimum atomic E-state index is -1.12. The molecule has 14 heteroatoms. The fourth-order valence-electron chi connectivity index (χ4n) is 6.57. The van der Waals surface area contributed by atoms with Gasteiger partial charge in [0, 0.05) is 35.6 Å². The number of esters is 3. The van der Waals surface area contributed by atoms with Gasteiger partial charge in [0.25, 0.3) is 5.91 Å². The summed E-state index contributed by atoms with van der Waals surface area (Å²) in [4.78, 5) is 64.8. The number of nitrogens with two attached hydrogens (primary N) is 2. The molecule has 2 fully saturated rings. The molecule has 2 heterocycles. The summed E-state index contributed by atoms with van der Waals surface area (Å²) in [6, 6.07) is -0.716. The van der Waals surface area contributed by atoms with Crippen molar-refractivity contribution in [3.8, 4) is 0 Å². The van der Waals surface area contributed by atoms with Crippen molar-refractivity contribution >= 4 is 46.3 Å². The van der Waals surface area contributed by atoms with Crippen LogP contribution in [0.3, 0.4) is 0 Å². The van der Waals surface area contributed by atoms with Crippen LogP contribution in [0.15, 0.2) is 47.0 Å². The molecular formula is C32H44N4O9S. The van der Waals surface area contributed by atoms with E-state index in [0.29, 0.717) is 54.9 Å². The maximum atomic E-state index is 13.6. The van der Waals surface area contributed by atoms with E-state index in [1.54, 1.807) is 49.7 Å². The van der Waals surface area contributed by atoms with Gasteiger partial charge >= 0.3 is 23.9 Å². The molecule has 1 saturated carbocycles. The van der Waals surface area contributed by atoms with Gasteiger partial charge in [0.1, 0.15) is 22.7 Å². The van der Waals surface area contributed by atoms with E-state index in [2.05, 4.69) is 10.3 Å². The second-order valence-electron chi connectivity index (χ2n) is 11.9. The maximum Gasteiger partial charge on any atom is 0.333 e. The van der Waals surface area contributed by atoms with Gasteiger partial charge in [-0.1, -0.05) is 24.6 Å². The number of carboxylic acid groups (broad SMARTS) is 1. The lowest BCUT2D eigenvalue weighted by Crippen LogP contribution is -2.65. The maximum absolute atomic E-state index is 13.6. The third kappa shape index (κ3) is 7.91. The first-order chi connectivity index (χ1) is 21.7. The Morgan fingerprint density at radius 1 is 1.26 bits per heavy atom. The summed E-state index contributed by atoms with van der Waals surface area (Å²) < 4.78 is 17.0. The first-order valence-electron chi connectivity index (χ1n) is 15.2. The number of methoxy groups -OCH3 is 1. The van der Waals surface area contributed by atoms with E-state index in [4.69, 9.17) is 30.8 Å². The van der Waals surface area contributed by atoms with Crippen LogP contribution in [-0.2, 0) is 38.2 Å². The van der Waals surface area contributed by atoms with Gasteiger partial charge in [0.15, 0.2) is 5.13 Å². The Morgan fingerprint density at radius 2 is 2.00 bits per heavy atom. The van der Waals surface area contributed by atoms with Gasteiger partial charge in [-0.2, -0.15) is 0 Å². The lowest BCUT2D eigenvalue weighted by Gasteiger charge is -2.54. The van der Waals surface area contributed by atoms with Crippen LogP contribution >= 0.6 is 11.3 Å². The highest BCUT2D eigenvalue weighted by Gasteiger charge is 2.74. The zero-order chi connectivity index (χ0) is 34.1. The number of anilines is 1. The number of thiazole rings is 1. The Balaban J connectivity index is 0.000000498. The second-order valence-corrected chi connectivity index (χ2v) is 12.8. The summed E-state index contributed by atoms with van der Waals surface area (Å²) in [5.41, 5.74) is 8.07. The van der Waals surface area contributed by atoms with Crippen LogP contribution in [0.25, 0.3) is 0 Å². The van der Waals surface area contributed by atoms with Gasteiger partial charge < -0.3 is 30.8 Å². The van der Waals surface area contributed by atoms with Gasteiger partial charge in [-0.15, -0.1) is 11.3 Å². The van der Waals surface area contributed by atoms with Crippen molar-refractivity contribution < 1.29 is 43.3 Å². The van der Waals surface area contributed by atoms with Gasteiger partial charge in [0.2, 0.25) is 0 Å². The number of cyclic esters (lactones) is 1. The van der Waals surface area contributed by atoms with Gasteiger partial charge in [-0.25, -0.2) is 9.78 Å². The van der Waals surface area contributed by atoms with Crippen LogP contribution < -0.4 is 16.8 Å². The topological polar surface area (TPSA) is 210 Å². The first kappa shape index (κ1) is 36.6. The SMILES string of the molecule is COC(=O)C1=CC[C@@]23CC[C@@H]([C@@](C)(/C=C/C=C(\C)C(=O)Nc4nccs4)OC2=O)[C@@]3(OC(C)=O)CC1.NCCCCC(N)C(=O)O. The largest absolute Gasteiger partial charge is 0.480 e. The van der Waals surface area contributed by atoms with Crippen molar-refractivity contribution in [2.75, 3.05) is 19.0 Å². The van der Waals surface area contributed by atoms with Gasteiger partial charge in [0.05, 0.1) is 7.11 Å². The molecule has 1 aromatic heterocycles. The second kappa shape index (κ2) is 15.6. The standard InChI is InChI=1S/C26H30N2O7S.C6H14N2O2/c1-16(20(30)28-23-27-14-15-36-23)6-5-10-24(3)19-9-12-25(22(32)35-24)11-7-18(21(31)33-4)8-13-26(19,25)34-17(2)29;7-4-2-1-3-5(8)6(9)10/h5-7,10,14-15,19H,8-9,11-13H2,1-4H3,(H,27,28,30);5H,1-4,7-8H2,(H,9,10)/b10-5+,16-6+;/t19-,24+,25+,26-;/m0./s1. The third-order valence-electron chi connectivity index (χ3n) is 8.93. The molecule has 1 saturated heterocycles. The number of nitrogens with zero attached hydrogens (tertiary/aromatic N) is 1. The van der Waals surface area contributed by atoms with Crippen LogP contribution in [0.4, 0.5) is 5.13 Å². The summed E-state index contributed by atoms with van der Waals surface area (Å²) in [7, 11) is 1.32. The lowest BCUT2D eigenvalue weighted by molar-refractivity contribution is -0.235. The average Bonchev–Trinajstić information content (AvgIpc) is 3.56. The summed E-state index contributed by atoms with van der Waals surface area (Å²) in [5.74, 6) is -2.94. The Hall–Kier alpha value is -3.88. The highest BCUT2D eigenvalue weighted by Crippen LogP contribution is 2.65. The average molecular weight is 661 g/mol. The van der Waals surface area contributed by atoms with Crippen LogP contribution in [-0.4, -0.2) is 70.8 Å². The monoisotopic (exact) mass is 660 g/mol. The minimum absolute atomic E-state index is 0.232. The number of nitrogens with one attached hydrogen (secondary N) is 1. The fourth-order valence-corrected chi connectivity index (χ4v) is 7.09. The summed E-state index contributed by atoms with van der Waals surface area (Å²) in [5, 5.41) is 13.3. The molecule has 5 atom stereocenters. The van der Waals surface area contributed by atoms with Crippen molar-refractivity contribution in [3.63, 3.8) is 0 Å². The highest BCUT2D eigenvalue weighted by atomic mass is 32.1. The number of unbranched alkanes of at least 4 members (excludes halogenated alkanes) is 1. The number of aromatic nitrogens is 1. The van der Waals surface area contributed by atoms with Crippen LogP contribution in [0.5, 0.6) is 0 Å².